The van der Waals surface area contributed by atoms with Crippen LogP contribution in [0.5, 0.6) is 5.75 Å². The maximum Gasteiger partial charge on any atom is 0.573 e. The van der Waals surface area contributed by atoms with E-state index in [0.29, 0.717) is 0 Å². The van der Waals surface area contributed by atoms with Crippen molar-refractivity contribution >= 4 is 17.3 Å². The minimum Gasteiger partial charge on any atom is -0.404 e. The molecule has 0 saturated heterocycles. The number of hydrogen-bond acceptors (Lipinski definition) is 4. The Labute approximate surface area is 141 Å². The lowest BCUT2D eigenvalue weighted by molar-refractivity contribution is -0.274. The van der Waals surface area contributed by atoms with E-state index in [4.69, 9.17) is 4.84 Å². The number of carbonyl (C=O) groups is 1. The number of anilines is 1. The zero-order valence-corrected chi connectivity index (χ0v) is 12.8. The van der Waals surface area contributed by atoms with Crippen molar-refractivity contribution in [2.75, 3.05) is 5.32 Å². The average Bonchev–Trinajstić information content (AvgIpc) is 3.06. The average molecular weight is 350 g/mol. The van der Waals surface area contributed by atoms with Crippen LogP contribution in [0.15, 0.2) is 59.8 Å². The number of para-hydroxylation sites is 2. The Hall–Kier alpha value is -3.03. The van der Waals surface area contributed by atoms with Crippen molar-refractivity contribution in [3.8, 4) is 5.75 Å². The van der Waals surface area contributed by atoms with Gasteiger partial charge in [0, 0.05) is 6.42 Å². The van der Waals surface area contributed by atoms with Gasteiger partial charge in [0.15, 0.2) is 11.9 Å². The molecule has 0 bridgehead atoms. The molecule has 0 spiro atoms. The van der Waals surface area contributed by atoms with Gasteiger partial charge in [0.1, 0.15) is 5.71 Å². The van der Waals surface area contributed by atoms with Crippen molar-refractivity contribution in [1.29, 1.82) is 0 Å². The Balaban J connectivity index is 1.68. The predicted octanol–water partition coefficient (Wildman–Crippen LogP) is 4.04. The summed E-state index contributed by atoms with van der Waals surface area (Å²) < 4.78 is 41.2. The molecule has 0 aliphatic carbocycles. The summed E-state index contributed by atoms with van der Waals surface area (Å²) in [5.74, 6) is -1.14. The van der Waals surface area contributed by atoms with Crippen LogP contribution in [-0.4, -0.2) is 18.0 Å². The first-order valence-corrected chi connectivity index (χ1v) is 7.36. The van der Waals surface area contributed by atoms with Gasteiger partial charge < -0.3 is 14.9 Å². The maximum absolute atomic E-state index is 12.4. The van der Waals surface area contributed by atoms with E-state index in [-0.39, 0.29) is 17.8 Å². The summed E-state index contributed by atoms with van der Waals surface area (Å²) in [5, 5.41) is 6.11. The van der Waals surface area contributed by atoms with Crippen molar-refractivity contribution in [3.63, 3.8) is 0 Å². The first-order chi connectivity index (χ1) is 11.9. The zero-order valence-electron chi connectivity index (χ0n) is 12.8. The number of hydrogen-bond donors (Lipinski definition) is 1. The molecule has 5 nitrogen and oxygen atoms in total. The number of benzene rings is 2. The fraction of sp³-hybridized carbons (Fsp3) is 0.176. The molecule has 0 aromatic heterocycles. The van der Waals surface area contributed by atoms with Gasteiger partial charge in [-0.3, -0.25) is 4.79 Å². The standard InChI is InChI=1S/C17H13F3N2O3/c18-17(19,20)24-14-9-5-4-8-12(14)21-16(23)13-10-15(25-22-13)11-6-2-1-3-7-11/h1-9,15H,10H2,(H,21,23). The summed E-state index contributed by atoms with van der Waals surface area (Å²) in [6, 6.07) is 14.5. The van der Waals surface area contributed by atoms with Crippen LogP contribution in [0.1, 0.15) is 18.1 Å². The predicted molar refractivity (Wildman–Crippen MR) is 84.1 cm³/mol. The van der Waals surface area contributed by atoms with Crippen molar-refractivity contribution in [1.82, 2.24) is 0 Å². The second-order valence-corrected chi connectivity index (χ2v) is 5.24. The highest BCUT2D eigenvalue weighted by molar-refractivity contribution is 6.43. The van der Waals surface area contributed by atoms with Gasteiger partial charge in [0.25, 0.3) is 5.91 Å². The van der Waals surface area contributed by atoms with Crippen molar-refractivity contribution in [2.24, 2.45) is 5.16 Å². The number of nitrogens with one attached hydrogen (secondary N) is 1. The third-order valence-electron chi connectivity index (χ3n) is 3.46. The van der Waals surface area contributed by atoms with Crippen molar-refractivity contribution in [2.45, 2.75) is 18.9 Å². The van der Waals surface area contributed by atoms with Gasteiger partial charge in [-0.1, -0.05) is 47.6 Å². The molecule has 3 rings (SSSR count). The molecule has 1 N–H and O–H groups in total. The van der Waals surface area contributed by atoms with E-state index >= 15 is 0 Å². The molecule has 0 radical (unpaired) electrons. The third-order valence-corrected chi connectivity index (χ3v) is 3.46. The molecule has 130 valence electrons. The van der Waals surface area contributed by atoms with Crippen molar-refractivity contribution < 1.29 is 27.5 Å². The Morgan fingerprint density at radius 3 is 2.52 bits per heavy atom. The van der Waals surface area contributed by atoms with Gasteiger partial charge in [0.05, 0.1) is 5.69 Å². The van der Waals surface area contributed by atoms with Crippen LogP contribution >= 0.6 is 0 Å². The molecule has 2 aromatic rings. The molecule has 1 heterocycles. The molecular formula is C17H13F3N2O3. The molecule has 0 saturated carbocycles. The van der Waals surface area contributed by atoms with Gasteiger partial charge in [0.2, 0.25) is 0 Å². The van der Waals surface area contributed by atoms with E-state index < -0.39 is 24.1 Å². The van der Waals surface area contributed by atoms with E-state index in [1.54, 1.807) is 0 Å². The van der Waals surface area contributed by atoms with E-state index in [9.17, 15) is 18.0 Å². The summed E-state index contributed by atoms with van der Waals surface area (Å²) in [4.78, 5) is 17.5. The first-order valence-electron chi connectivity index (χ1n) is 7.36. The Morgan fingerprint density at radius 2 is 1.80 bits per heavy atom. The Kier molecular flexibility index (Phi) is 4.60. The normalized spacial score (nSPS) is 16.8. The van der Waals surface area contributed by atoms with Gasteiger partial charge in [-0.2, -0.15) is 0 Å². The van der Waals surface area contributed by atoms with E-state index in [0.717, 1.165) is 11.6 Å². The SMILES string of the molecule is O=C(Nc1ccccc1OC(F)(F)F)C1=NOC(c2ccccc2)C1. The minimum atomic E-state index is -4.85. The summed E-state index contributed by atoms with van der Waals surface area (Å²) in [5.41, 5.74) is 0.848. The lowest BCUT2D eigenvalue weighted by Crippen LogP contribution is -2.23. The molecule has 8 heteroatoms. The minimum absolute atomic E-state index is 0.0932. The van der Waals surface area contributed by atoms with Gasteiger partial charge in [-0.15, -0.1) is 13.2 Å². The van der Waals surface area contributed by atoms with E-state index in [2.05, 4.69) is 15.2 Å². The number of alkyl halides is 3. The van der Waals surface area contributed by atoms with Gasteiger partial charge in [-0.05, 0) is 17.7 Å². The largest absolute Gasteiger partial charge is 0.573 e. The third kappa shape index (κ3) is 4.28. The number of ether oxygens (including phenoxy) is 1. The van der Waals surface area contributed by atoms with Gasteiger partial charge in [-0.25, -0.2) is 0 Å². The highest BCUT2D eigenvalue weighted by Crippen LogP contribution is 2.31. The quantitative estimate of drug-likeness (QED) is 0.905. The van der Waals surface area contributed by atoms with E-state index in [1.807, 2.05) is 30.3 Å². The van der Waals surface area contributed by atoms with Crippen LogP contribution in [0.2, 0.25) is 0 Å². The summed E-state index contributed by atoms with van der Waals surface area (Å²) in [6.07, 6.45) is -5.03. The molecule has 1 amide bonds. The van der Waals surface area contributed by atoms with Crippen LogP contribution in [0.4, 0.5) is 18.9 Å². The lowest BCUT2D eigenvalue weighted by Gasteiger charge is -2.13. The highest BCUT2D eigenvalue weighted by atomic mass is 19.4. The molecule has 1 atom stereocenters. The number of nitrogens with zero attached hydrogens (tertiary/aromatic N) is 1. The summed E-state index contributed by atoms with van der Waals surface area (Å²) in [7, 11) is 0. The number of carbonyl (C=O) groups excluding carboxylic acids is 1. The number of rotatable bonds is 4. The maximum atomic E-state index is 12.4. The molecule has 1 aliphatic heterocycles. The molecule has 1 unspecified atom stereocenters. The number of oxime groups is 1. The molecule has 1 aliphatic rings. The van der Waals surface area contributed by atoms with Crippen LogP contribution < -0.4 is 10.1 Å². The lowest BCUT2D eigenvalue weighted by atomic mass is 10.0. The molecule has 0 fully saturated rings. The van der Waals surface area contributed by atoms with Crippen LogP contribution in [0.25, 0.3) is 0 Å². The van der Waals surface area contributed by atoms with Crippen molar-refractivity contribution in [3.05, 3.63) is 60.2 Å². The Bertz CT molecular complexity index is 791. The van der Waals surface area contributed by atoms with Crippen LogP contribution in [-0.2, 0) is 9.63 Å². The van der Waals surface area contributed by atoms with E-state index in [1.165, 1.54) is 18.2 Å². The first kappa shape index (κ1) is 16.8. The van der Waals surface area contributed by atoms with Crippen LogP contribution in [0, 0.1) is 0 Å². The monoisotopic (exact) mass is 350 g/mol. The zero-order chi connectivity index (χ0) is 17.9. The molecule has 2 aromatic carbocycles. The topological polar surface area (TPSA) is 59.9 Å². The number of amides is 1. The number of halogens is 3. The highest BCUT2D eigenvalue weighted by Gasteiger charge is 2.33. The second kappa shape index (κ2) is 6.84. The van der Waals surface area contributed by atoms with Crippen LogP contribution in [0.3, 0.4) is 0 Å². The smallest absolute Gasteiger partial charge is 0.404 e. The second-order valence-electron chi connectivity index (χ2n) is 5.24. The van der Waals surface area contributed by atoms with Gasteiger partial charge >= 0.3 is 6.36 Å². The fourth-order valence-electron chi connectivity index (χ4n) is 2.34. The Morgan fingerprint density at radius 1 is 1.12 bits per heavy atom. The molecule has 25 heavy (non-hydrogen) atoms. The summed E-state index contributed by atoms with van der Waals surface area (Å²) in [6.45, 7) is 0. The fourth-order valence-corrected chi connectivity index (χ4v) is 2.34. The molecular weight excluding hydrogens is 337 g/mol. The summed E-state index contributed by atoms with van der Waals surface area (Å²) >= 11 is 0.